The van der Waals surface area contributed by atoms with Gasteiger partial charge in [0.15, 0.2) is 5.82 Å². The first-order valence-electron chi connectivity index (χ1n) is 5.86. The molecule has 94 valence electrons. The minimum Gasteiger partial charge on any atom is -0.483 e. The van der Waals surface area contributed by atoms with Crippen LogP contribution in [0.1, 0.15) is 5.82 Å². The Morgan fingerprint density at radius 1 is 0.947 bits per heavy atom. The molecule has 1 aromatic carbocycles. The number of hydrogen-bond acceptors (Lipinski definition) is 5. The fourth-order valence-electron chi connectivity index (χ4n) is 1.83. The lowest BCUT2D eigenvalue weighted by Gasteiger charge is -2.09. The quantitative estimate of drug-likeness (QED) is 0.723. The number of hydrogen-bond donors (Lipinski definition) is 1. The number of rotatable bonds is 3. The standard InChI is InChI=1S/C14H12N4O/c15-11-4-5-12(14-10(11)3-1-6-18-14)19-9-13-16-7-2-8-17-13/h1-8H,9,15H2. The first-order valence-corrected chi connectivity index (χ1v) is 5.86. The van der Waals surface area contributed by atoms with Gasteiger partial charge in [0.05, 0.1) is 0 Å². The van der Waals surface area contributed by atoms with Crippen LogP contribution < -0.4 is 10.5 Å². The Hall–Kier alpha value is -2.69. The maximum absolute atomic E-state index is 5.91. The molecule has 5 nitrogen and oxygen atoms in total. The molecule has 0 aliphatic heterocycles. The first-order chi connectivity index (χ1) is 9.34. The molecule has 0 saturated heterocycles. The van der Waals surface area contributed by atoms with Crippen LogP contribution in [-0.4, -0.2) is 15.0 Å². The van der Waals surface area contributed by atoms with Crippen LogP contribution in [0.15, 0.2) is 48.9 Å². The Morgan fingerprint density at radius 2 is 1.74 bits per heavy atom. The van der Waals surface area contributed by atoms with Crippen LogP contribution in [0.2, 0.25) is 0 Å². The molecule has 0 amide bonds. The van der Waals surface area contributed by atoms with Crippen molar-refractivity contribution in [2.75, 3.05) is 5.73 Å². The summed E-state index contributed by atoms with van der Waals surface area (Å²) in [6.07, 6.45) is 5.09. The third-order valence-electron chi connectivity index (χ3n) is 2.74. The van der Waals surface area contributed by atoms with Gasteiger partial charge >= 0.3 is 0 Å². The molecule has 3 rings (SSSR count). The van der Waals surface area contributed by atoms with Crippen molar-refractivity contribution in [2.24, 2.45) is 0 Å². The Balaban J connectivity index is 1.91. The fourth-order valence-corrected chi connectivity index (χ4v) is 1.83. The highest BCUT2D eigenvalue weighted by atomic mass is 16.5. The van der Waals surface area contributed by atoms with Gasteiger partial charge in [-0.15, -0.1) is 0 Å². The van der Waals surface area contributed by atoms with E-state index >= 15 is 0 Å². The number of fused-ring (bicyclic) bond motifs is 1. The molecule has 2 aromatic heterocycles. The summed E-state index contributed by atoms with van der Waals surface area (Å²) in [5.41, 5.74) is 7.35. The maximum atomic E-state index is 5.91. The summed E-state index contributed by atoms with van der Waals surface area (Å²) < 4.78 is 5.72. The van der Waals surface area contributed by atoms with Crippen molar-refractivity contribution in [1.82, 2.24) is 15.0 Å². The number of pyridine rings is 1. The molecule has 0 aliphatic rings. The molecule has 2 N–H and O–H groups in total. The summed E-state index contributed by atoms with van der Waals surface area (Å²) in [7, 11) is 0. The summed E-state index contributed by atoms with van der Waals surface area (Å²) in [4.78, 5) is 12.5. The van der Waals surface area contributed by atoms with Crippen LogP contribution in [0, 0.1) is 0 Å². The van der Waals surface area contributed by atoms with Crippen LogP contribution in [-0.2, 0) is 6.61 Å². The first kappa shape index (κ1) is 11.4. The van der Waals surface area contributed by atoms with E-state index in [1.165, 1.54) is 0 Å². The molecule has 0 atom stereocenters. The Kier molecular flexibility index (Phi) is 2.94. The van der Waals surface area contributed by atoms with Crippen LogP contribution in [0.5, 0.6) is 5.75 Å². The van der Waals surface area contributed by atoms with Gasteiger partial charge in [-0.3, -0.25) is 4.98 Å². The predicted octanol–water partition coefficient (Wildman–Crippen LogP) is 2.19. The summed E-state index contributed by atoms with van der Waals surface area (Å²) in [5, 5.41) is 0.883. The zero-order valence-electron chi connectivity index (χ0n) is 10.2. The third-order valence-corrected chi connectivity index (χ3v) is 2.74. The van der Waals surface area contributed by atoms with Gasteiger partial charge in [-0.05, 0) is 30.3 Å². The van der Waals surface area contributed by atoms with Crippen molar-refractivity contribution in [3.63, 3.8) is 0 Å². The van der Waals surface area contributed by atoms with Crippen LogP contribution in [0.4, 0.5) is 5.69 Å². The molecule has 19 heavy (non-hydrogen) atoms. The highest BCUT2D eigenvalue weighted by molar-refractivity contribution is 5.94. The number of nitrogens with zero attached hydrogens (tertiary/aromatic N) is 3. The number of nitrogens with two attached hydrogens (primary N) is 1. The van der Waals surface area contributed by atoms with Crippen molar-refractivity contribution in [2.45, 2.75) is 6.61 Å². The van der Waals surface area contributed by atoms with Gasteiger partial charge in [-0.25, -0.2) is 9.97 Å². The maximum Gasteiger partial charge on any atom is 0.166 e. The van der Waals surface area contributed by atoms with E-state index in [4.69, 9.17) is 10.5 Å². The van der Waals surface area contributed by atoms with E-state index in [0.717, 1.165) is 10.9 Å². The molecule has 0 radical (unpaired) electrons. The highest BCUT2D eigenvalue weighted by Gasteiger charge is 2.06. The van der Waals surface area contributed by atoms with Gasteiger partial charge in [0, 0.05) is 29.7 Å². The minimum atomic E-state index is 0.302. The number of ether oxygens (including phenoxy) is 1. The van der Waals surface area contributed by atoms with Crippen molar-refractivity contribution in [1.29, 1.82) is 0 Å². The van der Waals surface area contributed by atoms with Gasteiger partial charge in [0.1, 0.15) is 17.9 Å². The zero-order valence-corrected chi connectivity index (χ0v) is 10.2. The molecule has 3 aromatic rings. The van der Waals surface area contributed by atoms with E-state index in [0.29, 0.717) is 23.9 Å². The normalized spacial score (nSPS) is 10.5. The molecule has 0 unspecified atom stereocenters. The van der Waals surface area contributed by atoms with Gasteiger partial charge in [0.2, 0.25) is 0 Å². The van der Waals surface area contributed by atoms with E-state index in [9.17, 15) is 0 Å². The topological polar surface area (TPSA) is 73.9 Å². The van der Waals surface area contributed by atoms with Gasteiger partial charge in [-0.1, -0.05) is 0 Å². The highest BCUT2D eigenvalue weighted by Crippen LogP contribution is 2.28. The van der Waals surface area contributed by atoms with Crippen molar-refractivity contribution < 1.29 is 4.74 Å². The molecule has 0 fully saturated rings. The monoisotopic (exact) mass is 252 g/mol. The van der Waals surface area contributed by atoms with Crippen LogP contribution in [0.25, 0.3) is 10.9 Å². The lowest BCUT2D eigenvalue weighted by molar-refractivity contribution is 0.299. The number of benzene rings is 1. The molecule has 0 aliphatic carbocycles. The Labute approximate surface area is 110 Å². The molecule has 0 bridgehead atoms. The Morgan fingerprint density at radius 3 is 2.58 bits per heavy atom. The molecule has 0 spiro atoms. The second kappa shape index (κ2) is 4.89. The van der Waals surface area contributed by atoms with E-state index < -0.39 is 0 Å². The van der Waals surface area contributed by atoms with E-state index in [1.807, 2.05) is 24.3 Å². The number of anilines is 1. The fraction of sp³-hybridized carbons (Fsp3) is 0.0714. The molecule has 5 heteroatoms. The molecular formula is C14H12N4O. The number of nitrogen functional groups attached to an aromatic ring is 1. The van der Waals surface area contributed by atoms with Crippen LogP contribution in [0.3, 0.4) is 0 Å². The molecule has 2 heterocycles. The molecule has 0 saturated carbocycles. The predicted molar refractivity (Wildman–Crippen MR) is 72.5 cm³/mol. The average molecular weight is 252 g/mol. The third kappa shape index (κ3) is 2.30. The lowest BCUT2D eigenvalue weighted by Crippen LogP contribution is -2.01. The smallest absolute Gasteiger partial charge is 0.166 e. The van der Waals surface area contributed by atoms with Crippen molar-refractivity contribution in [3.05, 3.63) is 54.7 Å². The Bertz CT molecular complexity index is 700. The van der Waals surface area contributed by atoms with E-state index in [-0.39, 0.29) is 0 Å². The second-order valence-corrected chi connectivity index (χ2v) is 4.01. The SMILES string of the molecule is Nc1ccc(OCc2ncccn2)c2ncccc12. The van der Waals surface area contributed by atoms with E-state index in [1.54, 1.807) is 24.7 Å². The van der Waals surface area contributed by atoms with Crippen molar-refractivity contribution in [3.8, 4) is 5.75 Å². The lowest BCUT2D eigenvalue weighted by atomic mass is 10.2. The van der Waals surface area contributed by atoms with Crippen LogP contribution >= 0.6 is 0 Å². The summed E-state index contributed by atoms with van der Waals surface area (Å²) >= 11 is 0. The molecular weight excluding hydrogens is 240 g/mol. The summed E-state index contributed by atoms with van der Waals surface area (Å²) in [6, 6.07) is 9.16. The summed E-state index contributed by atoms with van der Waals surface area (Å²) in [5.74, 6) is 1.31. The largest absolute Gasteiger partial charge is 0.483 e. The van der Waals surface area contributed by atoms with Crippen molar-refractivity contribution >= 4 is 16.6 Å². The zero-order chi connectivity index (χ0) is 13.1. The van der Waals surface area contributed by atoms with Gasteiger partial charge in [0.25, 0.3) is 0 Å². The van der Waals surface area contributed by atoms with Gasteiger partial charge in [-0.2, -0.15) is 0 Å². The minimum absolute atomic E-state index is 0.302. The number of aromatic nitrogens is 3. The average Bonchev–Trinajstić information content (AvgIpc) is 2.48. The second-order valence-electron chi connectivity index (χ2n) is 4.01. The van der Waals surface area contributed by atoms with Gasteiger partial charge < -0.3 is 10.5 Å². The van der Waals surface area contributed by atoms with E-state index in [2.05, 4.69) is 15.0 Å². The summed E-state index contributed by atoms with van der Waals surface area (Å²) in [6.45, 7) is 0.302.